The van der Waals surface area contributed by atoms with Crippen LogP contribution in [0.3, 0.4) is 0 Å². The van der Waals surface area contributed by atoms with E-state index in [1.54, 1.807) is 69.6 Å². The van der Waals surface area contributed by atoms with E-state index in [0.29, 0.717) is 27.7 Å². The summed E-state index contributed by atoms with van der Waals surface area (Å²) in [5, 5.41) is 7.28. The Labute approximate surface area is 172 Å². The highest BCUT2D eigenvalue weighted by atomic mass is 35.5. The van der Waals surface area contributed by atoms with E-state index in [9.17, 15) is 14.4 Å². The molecule has 0 aliphatic heterocycles. The number of rotatable bonds is 4. The van der Waals surface area contributed by atoms with Crippen molar-refractivity contribution in [1.82, 2.24) is 14.7 Å². The summed E-state index contributed by atoms with van der Waals surface area (Å²) < 4.78 is 1.45. The Balaban J connectivity index is 1.96. The normalized spacial score (nSPS) is 10.5. The van der Waals surface area contributed by atoms with Crippen molar-refractivity contribution in [3.63, 3.8) is 0 Å². The second-order valence-electron chi connectivity index (χ2n) is 6.60. The molecule has 0 bridgehead atoms. The van der Waals surface area contributed by atoms with Crippen molar-refractivity contribution in [2.75, 3.05) is 19.4 Å². The molecule has 0 aliphatic rings. The zero-order chi connectivity index (χ0) is 21.1. The van der Waals surface area contributed by atoms with Crippen LogP contribution in [-0.4, -0.2) is 40.6 Å². The molecule has 0 saturated heterocycles. The maximum atomic E-state index is 12.7. The van der Waals surface area contributed by atoms with Gasteiger partial charge in [0.2, 0.25) is 5.43 Å². The molecule has 3 aromatic rings. The van der Waals surface area contributed by atoms with Crippen LogP contribution in [0.1, 0.15) is 26.5 Å². The molecule has 0 saturated carbocycles. The van der Waals surface area contributed by atoms with Crippen LogP contribution in [0.5, 0.6) is 0 Å². The van der Waals surface area contributed by atoms with Gasteiger partial charge in [0.25, 0.3) is 11.8 Å². The Morgan fingerprint density at radius 3 is 2.48 bits per heavy atom. The standard InChI is InChI=1S/C21H19ClN4O3/c1-13-11-18(27)19(24-26(13)17-10-5-4-9-16(17)22)20(28)23-15-8-6-7-14(12-15)21(29)25(2)3/h4-12H,1-3H3,(H,23,28). The molecule has 1 N–H and O–H groups in total. The third-order valence-electron chi connectivity index (χ3n) is 4.18. The van der Waals surface area contributed by atoms with Gasteiger partial charge in [-0.3, -0.25) is 14.4 Å². The van der Waals surface area contributed by atoms with Crippen LogP contribution in [0.25, 0.3) is 5.69 Å². The summed E-state index contributed by atoms with van der Waals surface area (Å²) in [4.78, 5) is 38.6. The maximum Gasteiger partial charge on any atom is 0.280 e. The van der Waals surface area contributed by atoms with Gasteiger partial charge in [0.15, 0.2) is 5.69 Å². The number of aromatic nitrogens is 2. The molecule has 8 heteroatoms. The van der Waals surface area contributed by atoms with Gasteiger partial charge in [0, 0.05) is 37.1 Å². The maximum absolute atomic E-state index is 12.7. The fourth-order valence-corrected chi connectivity index (χ4v) is 2.97. The van der Waals surface area contributed by atoms with Crippen LogP contribution >= 0.6 is 11.6 Å². The van der Waals surface area contributed by atoms with Crippen molar-refractivity contribution in [3.8, 4) is 5.69 Å². The molecular weight excluding hydrogens is 392 g/mol. The number of benzene rings is 2. The Hall–Kier alpha value is -3.45. The molecule has 7 nitrogen and oxygen atoms in total. The van der Waals surface area contributed by atoms with Crippen LogP contribution in [0.15, 0.2) is 59.4 Å². The topological polar surface area (TPSA) is 84.3 Å². The molecule has 0 radical (unpaired) electrons. The van der Waals surface area contributed by atoms with Gasteiger partial charge in [-0.25, -0.2) is 4.68 Å². The number of hydrogen-bond donors (Lipinski definition) is 1. The van der Waals surface area contributed by atoms with Gasteiger partial charge in [0.05, 0.1) is 10.7 Å². The summed E-state index contributed by atoms with van der Waals surface area (Å²) >= 11 is 6.23. The summed E-state index contributed by atoms with van der Waals surface area (Å²) in [6.07, 6.45) is 0. The Kier molecular flexibility index (Phi) is 5.79. The Bertz CT molecular complexity index is 1150. The number of amides is 2. The molecular formula is C21H19ClN4O3. The molecule has 0 atom stereocenters. The van der Waals surface area contributed by atoms with Crippen LogP contribution in [0.4, 0.5) is 5.69 Å². The van der Waals surface area contributed by atoms with Crippen molar-refractivity contribution in [2.24, 2.45) is 0 Å². The smallest absolute Gasteiger partial charge is 0.280 e. The molecule has 2 aromatic carbocycles. The predicted octanol–water partition coefficient (Wildman–Crippen LogP) is 3.15. The van der Waals surface area contributed by atoms with Gasteiger partial charge < -0.3 is 10.2 Å². The molecule has 148 valence electrons. The lowest BCUT2D eigenvalue weighted by Gasteiger charge is -2.13. The zero-order valence-corrected chi connectivity index (χ0v) is 16.9. The van der Waals surface area contributed by atoms with Crippen LogP contribution in [-0.2, 0) is 0 Å². The third-order valence-corrected chi connectivity index (χ3v) is 4.50. The lowest BCUT2D eigenvalue weighted by Crippen LogP contribution is -2.27. The summed E-state index contributed by atoms with van der Waals surface area (Å²) in [5.74, 6) is -0.874. The van der Waals surface area contributed by atoms with Gasteiger partial charge in [-0.1, -0.05) is 29.8 Å². The minimum Gasteiger partial charge on any atom is -0.345 e. The first kappa shape index (κ1) is 20.3. The summed E-state index contributed by atoms with van der Waals surface area (Å²) in [7, 11) is 3.28. The van der Waals surface area contributed by atoms with Crippen LogP contribution < -0.4 is 10.7 Å². The minimum atomic E-state index is -0.676. The largest absolute Gasteiger partial charge is 0.345 e. The second kappa shape index (κ2) is 8.28. The van der Waals surface area contributed by atoms with Crippen molar-refractivity contribution in [3.05, 3.63) is 86.8 Å². The fraction of sp³-hybridized carbons (Fsp3) is 0.143. The number of carbonyl (C=O) groups excluding carboxylic acids is 2. The lowest BCUT2D eigenvalue weighted by molar-refractivity contribution is 0.0827. The highest BCUT2D eigenvalue weighted by Gasteiger charge is 2.17. The van der Waals surface area contributed by atoms with Gasteiger partial charge in [-0.15, -0.1) is 0 Å². The Morgan fingerprint density at radius 1 is 1.07 bits per heavy atom. The van der Waals surface area contributed by atoms with E-state index in [1.165, 1.54) is 15.6 Å². The number of para-hydroxylation sites is 1. The van der Waals surface area contributed by atoms with E-state index in [0.717, 1.165) is 0 Å². The summed E-state index contributed by atoms with van der Waals surface area (Å²) in [6.45, 7) is 1.70. The van der Waals surface area contributed by atoms with E-state index < -0.39 is 11.3 Å². The van der Waals surface area contributed by atoms with E-state index in [1.807, 2.05) is 0 Å². The molecule has 0 unspecified atom stereocenters. The number of aryl methyl sites for hydroxylation is 1. The van der Waals surface area contributed by atoms with Crippen LogP contribution in [0, 0.1) is 6.92 Å². The molecule has 3 rings (SSSR count). The Morgan fingerprint density at radius 2 is 1.79 bits per heavy atom. The van der Waals surface area contributed by atoms with Gasteiger partial charge in [-0.2, -0.15) is 5.10 Å². The molecule has 0 fully saturated rings. The summed E-state index contributed by atoms with van der Waals surface area (Å²) in [6, 6.07) is 14.8. The third kappa shape index (κ3) is 4.35. The summed E-state index contributed by atoms with van der Waals surface area (Å²) in [5.41, 5.74) is 1.10. The second-order valence-corrected chi connectivity index (χ2v) is 7.00. The number of hydrogen-bond acceptors (Lipinski definition) is 4. The van der Waals surface area contributed by atoms with Gasteiger partial charge >= 0.3 is 0 Å². The van der Waals surface area contributed by atoms with Gasteiger partial charge in [-0.05, 0) is 37.3 Å². The first-order valence-corrected chi connectivity index (χ1v) is 9.14. The highest BCUT2D eigenvalue weighted by molar-refractivity contribution is 6.32. The predicted molar refractivity (Wildman–Crippen MR) is 112 cm³/mol. The quantitative estimate of drug-likeness (QED) is 0.716. The molecule has 29 heavy (non-hydrogen) atoms. The SMILES string of the molecule is Cc1cc(=O)c(C(=O)Nc2cccc(C(=O)N(C)C)c2)nn1-c1ccccc1Cl. The molecule has 0 spiro atoms. The first-order chi connectivity index (χ1) is 13.8. The van der Waals surface area contributed by atoms with Gasteiger partial charge in [0.1, 0.15) is 0 Å². The van der Waals surface area contributed by atoms with E-state index in [-0.39, 0.29) is 11.6 Å². The van der Waals surface area contributed by atoms with Crippen molar-refractivity contribution < 1.29 is 9.59 Å². The average molecular weight is 411 g/mol. The number of carbonyl (C=O) groups is 2. The first-order valence-electron chi connectivity index (χ1n) is 8.77. The van der Waals surface area contributed by atoms with Crippen molar-refractivity contribution in [1.29, 1.82) is 0 Å². The van der Waals surface area contributed by atoms with E-state index >= 15 is 0 Å². The number of nitrogens with zero attached hydrogens (tertiary/aromatic N) is 3. The average Bonchev–Trinajstić information content (AvgIpc) is 2.68. The van der Waals surface area contributed by atoms with E-state index in [2.05, 4.69) is 10.4 Å². The molecule has 0 aliphatic carbocycles. The minimum absolute atomic E-state index is 0.198. The van der Waals surface area contributed by atoms with Crippen molar-refractivity contribution >= 4 is 29.1 Å². The highest BCUT2D eigenvalue weighted by Crippen LogP contribution is 2.20. The number of nitrogens with one attached hydrogen (secondary N) is 1. The monoisotopic (exact) mass is 410 g/mol. The number of halogens is 1. The lowest BCUT2D eigenvalue weighted by atomic mass is 10.1. The molecule has 2 amide bonds. The molecule has 1 heterocycles. The van der Waals surface area contributed by atoms with Crippen molar-refractivity contribution in [2.45, 2.75) is 6.92 Å². The number of anilines is 1. The van der Waals surface area contributed by atoms with E-state index in [4.69, 9.17) is 11.6 Å². The fourth-order valence-electron chi connectivity index (χ4n) is 2.75. The zero-order valence-electron chi connectivity index (χ0n) is 16.1. The molecule has 1 aromatic heterocycles. The van der Waals surface area contributed by atoms with Crippen LogP contribution in [0.2, 0.25) is 5.02 Å².